The second-order valence-electron chi connectivity index (χ2n) is 6.04. The average Bonchev–Trinajstić information content (AvgIpc) is 2.59. The second-order valence-corrected chi connectivity index (χ2v) is 6.04. The van der Waals surface area contributed by atoms with Gasteiger partial charge in [0, 0.05) is 19.0 Å². The van der Waals surface area contributed by atoms with Crippen LogP contribution in [0.1, 0.15) is 40.4 Å². The molecule has 1 atom stereocenters. The highest BCUT2D eigenvalue weighted by molar-refractivity contribution is 4.93. The van der Waals surface area contributed by atoms with Crippen molar-refractivity contribution in [3.8, 4) is 0 Å². The lowest BCUT2D eigenvalue weighted by Gasteiger charge is -2.29. The molecule has 17 heavy (non-hydrogen) atoms. The van der Waals surface area contributed by atoms with Gasteiger partial charge in [0.15, 0.2) is 0 Å². The molecule has 0 radical (unpaired) electrons. The van der Waals surface area contributed by atoms with Gasteiger partial charge >= 0.3 is 0 Å². The van der Waals surface area contributed by atoms with Crippen LogP contribution in [0.4, 0.5) is 0 Å². The van der Waals surface area contributed by atoms with Gasteiger partial charge in [-0.25, -0.2) is 9.67 Å². The third-order valence-corrected chi connectivity index (χ3v) is 2.87. The minimum atomic E-state index is 0.101. The molecule has 0 amide bonds. The summed E-state index contributed by atoms with van der Waals surface area (Å²) in [5.74, 6) is 7.18. The Labute approximate surface area is 104 Å². The summed E-state index contributed by atoms with van der Waals surface area (Å²) in [7, 11) is 0. The summed E-state index contributed by atoms with van der Waals surface area (Å²) in [6, 6.07) is 0.192. The van der Waals surface area contributed by atoms with Crippen molar-refractivity contribution in [2.75, 3.05) is 0 Å². The van der Waals surface area contributed by atoms with Crippen molar-refractivity contribution in [1.82, 2.24) is 20.2 Å². The van der Waals surface area contributed by atoms with Crippen LogP contribution in [0, 0.1) is 11.3 Å². The van der Waals surface area contributed by atoms with Crippen LogP contribution >= 0.6 is 0 Å². The van der Waals surface area contributed by atoms with Gasteiger partial charge in [-0.2, -0.15) is 5.10 Å². The van der Waals surface area contributed by atoms with E-state index in [0.717, 1.165) is 18.8 Å². The first-order chi connectivity index (χ1) is 7.84. The smallest absolute Gasteiger partial charge is 0.138 e. The highest BCUT2D eigenvalue weighted by Gasteiger charge is 2.25. The van der Waals surface area contributed by atoms with Gasteiger partial charge in [0.05, 0.1) is 0 Å². The number of hydrazine groups is 1. The summed E-state index contributed by atoms with van der Waals surface area (Å²) in [6.07, 6.45) is 2.42. The third-order valence-electron chi connectivity index (χ3n) is 2.87. The molecule has 1 aromatic heterocycles. The van der Waals surface area contributed by atoms with Crippen LogP contribution in [0.5, 0.6) is 0 Å². The van der Waals surface area contributed by atoms with Gasteiger partial charge in [0.1, 0.15) is 12.2 Å². The zero-order chi connectivity index (χ0) is 13.1. The Kier molecular flexibility index (Phi) is 4.65. The van der Waals surface area contributed by atoms with E-state index < -0.39 is 0 Å². The van der Waals surface area contributed by atoms with E-state index in [2.05, 4.69) is 50.1 Å². The van der Waals surface area contributed by atoms with Gasteiger partial charge in [-0.1, -0.05) is 34.6 Å². The Morgan fingerprint density at radius 2 is 2.06 bits per heavy atom. The molecule has 1 aromatic rings. The van der Waals surface area contributed by atoms with Gasteiger partial charge in [0.25, 0.3) is 0 Å². The number of nitrogens with zero attached hydrogens (tertiary/aromatic N) is 3. The summed E-state index contributed by atoms with van der Waals surface area (Å²) in [5.41, 5.74) is 2.98. The molecule has 5 heteroatoms. The van der Waals surface area contributed by atoms with Gasteiger partial charge in [-0.15, -0.1) is 0 Å². The van der Waals surface area contributed by atoms with Crippen LogP contribution in [0.2, 0.25) is 0 Å². The maximum Gasteiger partial charge on any atom is 0.138 e. The predicted molar refractivity (Wildman–Crippen MR) is 69.1 cm³/mol. The fraction of sp³-hybridized carbons (Fsp3) is 0.833. The zero-order valence-electron chi connectivity index (χ0n) is 11.6. The van der Waals surface area contributed by atoms with E-state index in [1.165, 1.54) is 0 Å². The lowest BCUT2D eigenvalue weighted by Crippen LogP contribution is -2.46. The van der Waals surface area contributed by atoms with Crippen LogP contribution < -0.4 is 11.3 Å². The molecule has 1 rings (SSSR count). The lowest BCUT2D eigenvalue weighted by molar-refractivity contribution is 0.262. The van der Waals surface area contributed by atoms with Crippen molar-refractivity contribution >= 4 is 0 Å². The third kappa shape index (κ3) is 4.09. The maximum atomic E-state index is 5.62. The monoisotopic (exact) mass is 239 g/mol. The van der Waals surface area contributed by atoms with Crippen LogP contribution in [0.15, 0.2) is 6.33 Å². The largest absolute Gasteiger partial charge is 0.271 e. The van der Waals surface area contributed by atoms with Crippen LogP contribution in [0.25, 0.3) is 0 Å². The minimum absolute atomic E-state index is 0.101. The van der Waals surface area contributed by atoms with Crippen molar-refractivity contribution in [2.24, 2.45) is 17.2 Å². The standard InChI is InChI=1S/C12H25N5/c1-9(2)7-17-11(14-8-15-17)6-10(16-13)12(3,4)5/h8-10,16H,6-7,13H2,1-5H3. The van der Waals surface area contributed by atoms with Crippen LogP contribution in [-0.4, -0.2) is 20.8 Å². The summed E-state index contributed by atoms with van der Waals surface area (Å²) >= 11 is 0. The molecule has 0 bridgehead atoms. The van der Waals surface area contributed by atoms with E-state index >= 15 is 0 Å². The normalized spacial score (nSPS) is 14.3. The Hall–Kier alpha value is -0.940. The molecule has 0 aromatic carbocycles. The molecule has 5 nitrogen and oxygen atoms in total. The fourth-order valence-electron chi connectivity index (χ4n) is 1.74. The maximum absolute atomic E-state index is 5.62. The first kappa shape index (κ1) is 14.1. The molecule has 0 saturated carbocycles. The number of hydrogen-bond acceptors (Lipinski definition) is 4. The molecule has 0 fully saturated rings. The fourth-order valence-corrected chi connectivity index (χ4v) is 1.74. The molecule has 0 spiro atoms. The lowest BCUT2D eigenvalue weighted by atomic mass is 9.85. The second kappa shape index (κ2) is 5.60. The van der Waals surface area contributed by atoms with Crippen LogP contribution in [-0.2, 0) is 13.0 Å². The van der Waals surface area contributed by atoms with Crippen molar-refractivity contribution in [3.63, 3.8) is 0 Å². The van der Waals surface area contributed by atoms with E-state index in [4.69, 9.17) is 5.84 Å². The molecule has 3 N–H and O–H groups in total. The number of hydrogen-bond donors (Lipinski definition) is 2. The number of aromatic nitrogens is 3. The molecule has 1 heterocycles. The average molecular weight is 239 g/mol. The summed E-state index contributed by atoms with van der Waals surface area (Å²) in [6.45, 7) is 11.8. The highest BCUT2D eigenvalue weighted by atomic mass is 15.3. The van der Waals surface area contributed by atoms with E-state index in [0.29, 0.717) is 5.92 Å². The van der Waals surface area contributed by atoms with Crippen molar-refractivity contribution < 1.29 is 0 Å². The van der Waals surface area contributed by atoms with Crippen LogP contribution in [0.3, 0.4) is 0 Å². The molecule has 0 aliphatic heterocycles. The Bertz CT molecular complexity index is 337. The quantitative estimate of drug-likeness (QED) is 0.601. The minimum Gasteiger partial charge on any atom is -0.271 e. The van der Waals surface area contributed by atoms with Crippen molar-refractivity contribution in [2.45, 2.75) is 53.6 Å². The van der Waals surface area contributed by atoms with E-state index in [1.54, 1.807) is 6.33 Å². The van der Waals surface area contributed by atoms with Crippen molar-refractivity contribution in [3.05, 3.63) is 12.2 Å². The number of nitrogens with one attached hydrogen (secondary N) is 1. The Balaban J connectivity index is 2.76. The molecular formula is C12H25N5. The van der Waals surface area contributed by atoms with E-state index in [1.807, 2.05) is 4.68 Å². The molecule has 98 valence electrons. The zero-order valence-corrected chi connectivity index (χ0v) is 11.6. The molecular weight excluding hydrogens is 214 g/mol. The van der Waals surface area contributed by atoms with Gasteiger partial charge in [0.2, 0.25) is 0 Å². The highest BCUT2D eigenvalue weighted by Crippen LogP contribution is 2.21. The SMILES string of the molecule is CC(C)Cn1ncnc1CC(NN)C(C)(C)C. The summed E-state index contributed by atoms with van der Waals surface area (Å²) in [5, 5.41) is 4.26. The molecule has 0 aliphatic carbocycles. The van der Waals surface area contributed by atoms with Crippen molar-refractivity contribution in [1.29, 1.82) is 0 Å². The Morgan fingerprint density at radius 3 is 2.53 bits per heavy atom. The first-order valence-corrected chi connectivity index (χ1v) is 6.17. The van der Waals surface area contributed by atoms with E-state index in [9.17, 15) is 0 Å². The van der Waals surface area contributed by atoms with E-state index in [-0.39, 0.29) is 11.5 Å². The topological polar surface area (TPSA) is 68.8 Å². The number of rotatable bonds is 5. The predicted octanol–water partition coefficient (Wildman–Crippen LogP) is 1.35. The van der Waals surface area contributed by atoms with Gasteiger partial charge < -0.3 is 0 Å². The summed E-state index contributed by atoms with van der Waals surface area (Å²) in [4.78, 5) is 4.33. The summed E-state index contributed by atoms with van der Waals surface area (Å²) < 4.78 is 1.97. The number of nitrogens with two attached hydrogens (primary N) is 1. The first-order valence-electron chi connectivity index (χ1n) is 6.17. The molecule has 0 aliphatic rings. The molecule has 1 unspecified atom stereocenters. The molecule has 0 saturated heterocycles. The van der Waals surface area contributed by atoms with Gasteiger partial charge in [-0.3, -0.25) is 11.3 Å². The Morgan fingerprint density at radius 1 is 1.41 bits per heavy atom. The van der Waals surface area contributed by atoms with Gasteiger partial charge in [-0.05, 0) is 11.3 Å².